The van der Waals surface area contributed by atoms with Gasteiger partial charge in [-0.15, -0.1) is 0 Å². The lowest BCUT2D eigenvalue weighted by molar-refractivity contribution is -0.143. The van der Waals surface area contributed by atoms with Crippen LogP contribution in [0.1, 0.15) is 31.2 Å². The molecule has 0 atom stereocenters. The minimum atomic E-state index is -4.23. The van der Waals surface area contributed by atoms with Crippen molar-refractivity contribution in [2.75, 3.05) is 33.2 Å². The zero-order chi connectivity index (χ0) is 20.6. The van der Waals surface area contributed by atoms with Crippen LogP contribution in [0.4, 0.5) is 13.2 Å². The largest absolute Gasteiger partial charge is 0.401 e. The Bertz CT molecular complexity index is 692. The molecule has 0 saturated carbocycles. The second-order valence-electron chi connectivity index (χ2n) is 6.74. The van der Waals surface area contributed by atoms with Crippen LogP contribution in [0, 0.1) is 0 Å². The van der Waals surface area contributed by atoms with E-state index in [0.717, 1.165) is 16.2 Å². The number of hydrogen-bond donors (Lipinski definition) is 1. The number of rotatable bonds is 9. The Morgan fingerprint density at radius 3 is 2.61 bits per heavy atom. The minimum absolute atomic E-state index is 0.0317. The molecule has 0 unspecified atom stereocenters. The molecule has 1 aromatic carbocycles. The fraction of sp³-hybridized carbons (Fsp3) is 0.526. The van der Waals surface area contributed by atoms with Gasteiger partial charge < -0.3 is 5.32 Å². The van der Waals surface area contributed by atoms with Crippen LogP contribution >= 0.6 is 0 Å². The van der Waals surface area contributed by atoms with E-state index in [1.54, 1.807) is 0 Å². The number of amides is 2. The van der Waals surface area contributed by atoms with Crippen LogP contribution in [0.3, 0.4) is 0 Å². The first-order valence-electron chi connectivity index (χ1n) is 9.20. The molecular formula is C19H25F3N4O2. The Labute approximate surface area is 162 Å². The normalized spacial score (nSPS) is 14.3. The third-order valence-corrected chi connectivity index (χ3v) is 4.25. The van der Waals surface area contributed by atoms with Crippen LogP contribution < -0.4 is 5.32 Å². The summed E-state index contributed by atoms with van der Waals surface area (Å²) in [5.41, 5.74) is 1.83. The molecule has 0 spiro atoms. The molecule has 154 valence electrons. The maximum atomic E-state index is 12.2. The first-order chi connectivity index (χ1) is 13.2. The highest BCUT2D eigenvalue weighted by Gasteiger charge is 2.28. The van der Waals surface area contributed by atoms with Crippen molar-refractivity contribution >= 4 is 17.5 Å². The highest BCUT2D eigenvalue weighted by atomic mass is 19.4. The van der Waals surface area contributed by atoms with Crippen LogP contribution in [0.25, 0.3) is 0 Å². The quantitative estimate of drug-likeness (QED) is 0.650. The predicted molar refractivity (Wildman–Crippen MR) is 99.7 cm³/mol. The summed E-state index contributed by atoms with van der Waals surface area (Å²) in [6.45, 7) is 0.0196. The first-order valence-corrected chi connectivity index (χ1v) is 9.20. The van der Waals surface area contributed by atoms with Crippen LogP contribution in [0.15, 0.2) is 35.4 Å². The van der Waals surface area contributed by atoms with Crippen LogP contribution in [-0.2, 0) is 9.59 Å². The van der Waals surface area contributed by atoms with Gasteiger partial charge in [0.25, 0.3) is 0 Å². The van der Waals surface area contributed by atoms with Gasteiger partial charge in [0.2, 0.25) is 11.8 Å². The van der Waals surface area contributed by atoms with Gasteiger partial charge in [0.15, 0.2) is 0 Å². The van der Waals surface area contributed by atoms with Crippen LogP contribution in [0.2, 0.25) is 0 Å². The Kier molecular flexibility index (Phi) is 7.98. The third-order valence-electron chi connectivity index (χ3n) is 4.25. The number of nitrogens with one attached hydrogen (secondary N) is 1. The van der Waals surface area contributed by atoms with Gasteiger partial charge >= 0.3 is 6.18 Å². The summed E-state index contributed by atoms with van der Waals surface area (Å²) in [4.78, 5) is 25.2. The Morgan fingerprint density at radius 1 is 1.21 bits per heavy atom. The molecule has 1 N–H and O–H groups in total. The van der Waals surface area contributed by atoms with E-state index in [9.17, 15) is 22.8 Å². The summed E-state index contributed by atoms with van der Waals surface area (Å²) in [6, 6.07) is 9.61. The van der Waals surface area contributed by atoms with Crippen molar-refractivity contribution in [2.45, 2.75) is 31.9 Å². The number of halogens is 3. The number of carbonyl (C=O) groups excluding carboxylic acids is 2. The number of benzene rings is 1. The molecule has 28 heavy (non-hydrogen) atoms. The summed E-state index contributed by atoms with van der Waals surface area (Å²) in [7, 11) is 1.38. The molecule has 1 aliphatic heterocycles. The highest BCUT2D eigenvalue weighted by molar-refractivity contribution is 6.02. The van der Waals surface area contributed by atoms with Gasteiger partial charge in [0.05, 0.1) is 18.8 Å². The lowest BCUT2D eigenvalue weighted by Gasteiger charge is -2.18. The summed E-state index contributed by atoms with van der Waals surface area (Å²) in [5, 5.41) is 8.35. The zero-order valence-corrected chi connectivity index (χ0v) is 15.8. The summed E-state index contributed by atoms with van der Waals surface area (Å²) >= 11 is 0. The molecular weight excluding hydrogens is 373 g/mol. The topological polar surface area (TPSA) is 65.0 Å². The molecule has 0 saturated heterocycles. The van der Waals surface area contributed by atoms with Crippen molar-refractivity contribution in [3.63, 3.8) is 0 Å². The van der Waals surface area contributed by atoms with E-state index >= 15 is 0 Å². The molecule has 0 aliphatic carbocycles. The maximum absolute atomic E-state index is 12.2. The molecule has 1 aliphatic rings. The fourth-order valence-electron chi connectivity index (χ4n) is 2.87. The van der Waals surface area contributed by atoms with Crippen molar-refractivity contribution in [3.05, 3.63) is 35.9 Å². The Morgan fingerprint density at radius 2 is 1.93 bits per heavy atom. The third kappa shape index (κ3) is 7.67. The van der Waals surface area contributed by atoms with Gasteiger partial charge in [0.1, 0.15) is 0 Å². The number of alkyl halides is 3. The van der Waals surface area contributed by atoms with Crippen LogP contribution in [0.5, 0.6) is 0 Å². The van der Waals surface area contributed by atoms with Gasteiger partial charge in [-0.2, -0.15) is 18.3 Å². The molecule has 6 nitrogen and oxygen atoms in total. The highest BCUT2D eigenvalue weighted by Crippen LogP contribution is 2.16. The van der Waals surface area contributed by atoms with E-state index in [0.29, 0.717) is 19.4 Å². The lowest BCUT2D eigenvalue weighted by Crippen LogP contribution is -2.34. The molecule has 0 radical (unpaired) electrons. The molecule has 1 aromatic rings. The molecule has 1 heterocycles. The minimum Gasteiger partial charge on any atom is -0.356 e. The Balaban J connectivity index is 1.64. The van der Waals surface area contributed by atoms with E-state index in [1.807, 2.05) is 30.3 Å². The van der Waals surface area contributed by atoms with E-state index in [1.165, 1.54) is 12.1 Å². The average Bonchev–Trinajstić information content (AvgIpc) is 3.13. The average molecular weight is 398 g/mol. The molecule has 2 amide bonds. The van der Waals surface area contributed by atoms with Crippen molar-refractivity contribution in [2.24, 2.45) is 5.10 Å². The maximum Gasteiger partial charge on any atom is 0.401 e. The smallest absolute Gasteiger partial charge is 0.356 e. The zero-order valence-electron chi connectivity index (χ0n) is 15.8. The second kappa shape index (κ2) is 10.2. The van der Waals surface area contributed by atoms with Crippen molar-refractivity contribution in [1.82, 2.24) is 15.2 Å². The first kappa shape index (κ1) is 21.9. The monoisotopic (exact) mass is 398 g/mol. The molecule has 0 aromatic heterocycles. The lowest BCUT2D eigenvalue weighted by atomic mass is 10.1. The van der Waals surface area contributed by atoms with E-state index in [4.69, 9.17) is 0 Å². The Hall–Kier alpha value is -2.42. The number of hydrogen-bond acceptors (Lipinski definition) is 4. The van der Waals surface area contributed by atoms with E-state index in [2.05, 4.69) is 10.4 Å². The van der Waals surface area contributed by atoms with Crippen molar-refractivity contribution in [1.29, 1.82) is 0 Å². The molecule has 2 rings (SSSR count). The molecule has 0 bridgehead atoms. The van der Waals surface area contributed by atoms with Gasteiger partial charge in [-0.3, -0.25) is 14.5 Å². The standard InChI is InChI=1S/C19H25F3N4O2/c1-25(14-19(20,21)22)12-5-11-23-17(27)8-9-18(28)26-13-10-16(24-26)15-6-3-2-4-7-15/h2-4,6-7H,5,8-14H2,1H3,(H,23,27). The number of carbonyl (C=O) groups is 2. The summed E-state index contributed by atoms with van der Waals surface area (Å²) in [6.07, 6.45) is -3.07. The predicted octanol–water partition coefficient (Wildman–Crippen LogP) is 2.40. The van der Waals surface area contributed by atoms with Gasteiger partial charge in [-0.05, 0) is 25.6 Å². The summed E-state index contributed by atoms with van der Waals surface area (Å²) < 4.78 is 36.6. The van der Waals surface area contributed by atoms with Gasteiger partial charge in [-0.25, -0.2) is 5.01 Å². The molecule has 9 heteroatoms. The van der Waals surface area contributed by atoms with Gasteiger partial charge in [0, 0.05) is 25.8 Å². The number of nitrogens with zero attached hydrogens (tertiary/aromatic N) is 3. The van der Waals surface area contributed by atoms with E-state index in [-0.39, 0.29) is 37.7 Å². The second-order valence-corrected chi connectivity index (χ2v) is 6.74. The molecule has 0 fully saturated rings. The fourth-order valence-corrected chi connectivity index (χ4v) is 2.87. The van der Waals surface area contributed by atoms with Crippen LogP contribution in [-0.4, -0.2) is 66.8 Å². The number of hydrazone groups is 1. The van der Waals surface area contributed by atoms with Crippen molar-refractivity contribution < 1.29 is 22.8 Å². The SMILES string of the molecule is CN(CCCNC(=O)CCC(=O)N1CCC(c2ccccc2)=N1)CC(F)(F)F. The van der Waals surface area contributed by atoms with Gasteiger partial charge in [-0.1, -0.05) is 30.3 Å². The van der Waals surface area contributed by atoms with Crippen molar-refractivity contribution in [3.8, 4) is 0 Å². The van der Waals surface area contributed by atoms with E-state index < -0.39 is 12.7 Å². The summed E-state index contributed by atoms with van der Waals surface area (Å²) in [5.74, 6) is -0.510.